The average molecular weight is 288 g/mol. The predicted octanol–water partition coefficient (Wildman–Crippen LogP) is 3.10. The molecule has 2 aromatic carbocycles. The smallest absolute Gasteiger partial charge is 0.343 e. The van der Waals surface area contributed by atoms with Crippen molar-refractivity contribution in [1.29, 1.82) is 0 Å². The highest BCUT2D eigenvalue weighted by Gasteiger charge is 2.37. The fraction of sp³-hybridized carbons (Fsp3) is 0.312. The second-order valence-electron chi connectivity index (χ2n) is 4.79. The molecule has 2 aromatic rings. The van der Waals surface area contributed by atoms with Crippen LogP contribution in [0.3, 0.4) is 0 Å². The van der Waals surface area contributed by atoms with E-state index < -0.39 is 5.97 Å². The van der Waals surface area contributed by atoms with E-state index in [1.165, 1.54) is 7.11 Å². The molecule has 0 aromatic heterocycles. The van der Waals surface area contributed by atoms with Crippen molar-refractivity contribution in [2.45, 2.75) is 13.0 Å². The number of esters is 1. The number of hydrogen-bond acceptors (Lipinski definition) is 5. The molecule has 0 amide bonds. The topological polar surface area (TPSA) is 54.0 Å². The average Bonchev–Trinajstić information content (AvgIpc) is 2.79. The number of carbonyl (C=O) groups is 1. The number of methoxy groups -OCH3 is 3. The summed E-state index contributed by atoms with van der Waals surface area (Å²) in [6.45, 7) is 1.81. The molecule has 5 heteroatoms. The standard InChI is InChI=1S/C16H16O5/c1-8-11-13(16(17)21-8)14(19-3)9-6-5-7-10(18-2)12(9)15(11)20-4/h5-8H,1-4H3/t8-/m1/s1. The lowest BCUT2D eigenvalue weighted by Crippen LogP contribution is -2.02. The Kier molecular flexibility index (Phi) is 3.12. The first-order valence-electron chi connectivity index (χ1n) is 6.59. The molecule has 1 aliphatic rings. The lowest BCUT2D eigenvalue weighted by atomic mass is 9.96. The molecule has 5 nitrogen and oxygen atoms in total. The van der Waals surface area contributed by atoms with Crippen LogP contribution in [0.25, 0.3) is 10.8 Å². The van der Waals surface area contributed by atoms with E-state index in [4.69, 9.17) is 18.9 Å². The Morgan fingerprint density at radius 1 is 1.05 bits per heavy atom. The molecule has 0 bridgehead atoms. The van der Waals surface area contributed by atoms with Crippen LogP contribution in [-0.2, 0) is 4.74 Å². The molecule has 0 saturated heterocycles. The van der Waals surface area contributed by atoms with E-state index in [-0.39, 0.29) is 6.10 Å². The lowest BCUT2D eigenvalue weighted by Gasteiger charge is -2.17. The van der Waals surface area contributed by atoms with Gasteiger partial charge in [0.25, 0.3) is 0 Å². The normalized spacial score (nSPS) is 16.6. The highest BCUT2D eigenvalue weighted by Crippen LogP contribution is 2.50. The monoisotopic (exact) mass is 288 g/mol. The van der Waals surface area contributed by atoms with E-state index in [9.17, 15) is 4.79 Å². The molecule has 0 radical (unpaired) electrons. The fourth-order valence-corrected chi connectivity index (χ4v) is 2.92. The Bertz CT molecular complexity index is 735. The first-order valence-corrected chi connectivity index (χ1v) is 6.59. The maximum Gasteiger partial charge on any atom is 0.343 e. The Morgan fingerprint density at radius 2 is 1.76 bits per heavy atom. The molecular formula is C16H16O5. The van der Waals surface area contributed by atoms with E-state index in [0.717, 1.165) is 10.8 Å². The number of benzene rings is 2. The van der Waals surface area contributed by atoms with Gasteiger partial charge in [0, 0.05) is 5.39 Å². The van der Waals surface area contributed by atoms with Gasteiger partial charge in [-0.1, -0.05) is 12.1 Å². The van der Waals surface area contributed by atoms with Crippen LogP contribution in [0.15, 0.2) is 18.2 Å². The highest BCUT2D eigenvalue weighted by atomic mass is 16.6. The molecular weight excluding hydrogens is 272 g/mol. The van der Waals surface area contributed by atoms with Crippen molar-refractivity contribution in [3.8, 4) is 17.2 Å². The van der Waals surface area contributed by atoms with Gasteiger partial charge in [0.05, 0.1) is 32.3 Å². The summed E-state index contributed by atoms with van der Waals surface area (Å²) in [6.07, 6.45) is -0.384. The number of hydrogen-bond donors (Lipinski definition) is 0. The summed E-state index contributed by atoms with van der Waals surface area (Å²) >= 11 is 0. The van der Waals surface area contributed by atoms with E-state index in [1.807, 2.05) is 25.1 Å². The van der Waals surface area contributed by atoms with Crippen LogP contribution in [0.4, 0.5) is 0 Å². The molecule has 0 aliphatic carbocycles. The Hall–Kier alpha value is -2.43. The molecule has 1 heterocycles. The summed E-state index contributed by atoms with van der Waals surface area (Å²) in [4.78, 5) is 12.1. The Morgan fingerprint density at radius 3 is 2.38 bits per heavy atom. The minimum Gasteiger partial charge on any atom is -0.496 e. The Balaban J connectivity index is 2.55. The molecule has 110 valence electrons. The minimum atomic E-state index is -0.391. The molecule has 0 spiro atoms. The summed E-state index contributed by atoms with van der Waals surface area (Å²) in [6, 6.07) is 5.56. The molecule has 21 heavy (non-hydrogen) atoms. The molecule has 0 unspecified atom stereocenters. The first kappa shape index (κ1) is 13.5. The van der Waals surface area contributed by atoms with Gasteiger partial charge in [-0.05, 0) is 13.0 Å². The summed E-state index contributed by atoms with van der Waals surface area (Å²) in [7, 11) is 4.71. The molecule has 1 aliphatic heterocycles. The van der Waals surface area contributed by atoms with Crippen LogP contribution < -0.4 is 14.2 Å². The molecule has 0 fully saturated rings. The maximum absolute atomic E-state index is 12.1. The van der Waals surface area contributed by atoms with Crippen LogP contribution in [-0.4, -0.2) is 27.3 Å². The van der Waals surface area contributed by atoms with E-state index in [2.05, 4.69) is 0 Å². The van der Waals surface area contributed by atoms with Gasteiger partial charge in [-0.2, -0.15) is 0 Å². The van der Waals surface area contributed by atoms with Gasteiger partial charge >= 0.3 is 5.97 Å². The number of fused-ring (bicyclic) bond motifs is 2. The zero-order chi connectivity index (χ0) is 15.1. The van der Waals surface area contributed by atoms with E-state index in [0.29, 0.717) is 28.4 Å². The van der Waals surface area contributed by atoms with Crippen molar-refractivity contribution >= 4 is 16.7 Å². The molecule has 3 rings (SSSR count). The summed E-state index contributed by atoms with van der Waals surface area (Å²) in [5, 5.41) is 1.54. The molecule has 0 N–H and O–H groups in total. The summed E-state index contributed by atoms with van der Waals surface area (Å²) in [5.74, 6) is 1.36. The van der Waals surface area contributed by atoms with E-state index in [1.54, 1.807) is 14.2 Å². The van der Waals surface area contributed by atoms with Crippen LogP contribution in [0.2, 0.25) is 0 Å². The molecule has 1 atom stereocenters. The number of rotatable bonds is 3. The van der Waals surface area contributed by atoms with Gasteiger partial charge in [-0.25, -0.2) is 4.79 Å². The third-order valence-corrected chi connectivity index (χ3v) is 3.76. The van der Waals surface area contributed by atoms with Crippen molar-refractivity contribution in [2.75, 3.05) is 21.3 Å². The summed E-state index contributed by atoms with van der Waals surface area (Å²) in [5.41, 5.74) is 1.14. The zero-order valence-electron chi connectivity index (χ0n) is 12.4. The van der Waals surface area contributed by atoms with Crippen LogP contribution >= 0.6 is 0 Å². The van der Waals surface area contributed by atoms with E-state index >= 15 is 0 Å². The van der Waals surface area contributed by atoms with Crippen molar-refractivity contribution in [2.24, 2.45) is 0 Å². The first-order chi connectivity index (χ1) is 10.1. The SMILES string of the molecule is COc1c2c(c(OC)c3c(OC)cccc13)[C@@H](C)OC2=O. The number of carbonyl (C=O) groups excluding carboxylic acids is 1. The molecule has 0 saturated carbocycles. The van der Waals surface area contributed by atoms with Gasteiger partial charge < -0.3 is 18.9 Å². The van der Waals surface area contributed by atoms with Crippen LogP contribution in [0, 0.1) is 0 Å². The third-order valence-electron chi connectivity index (χ3n) is 3.76. The third kappa shape index (κ3) is 1.73. The largest absolute Gasteiger partial charge is 0.496 e. The number of ether oxygens (including phenoxy) is 4. The van der Waals surface area contributed by atoms with Crippen molar-refractivity contribution < 1.29 is 23.7 Å². The zero-order valence-corrected chi connectivity index (χ0v) is 12.4. The van der Waals surface area contributed by atoms with Gasteiger partial charge in [0.15, 0.2) is 0 Å². The second-order valence-corrected chi connectivity index (χ2v) is 4.79. The second kappa shape index (κ2) is 4.84. The number of cyclic esters (lactones) is 1. The predicted molar refractivity (Wildman–Crippen MR) is 77.4 cm³/mol. The van der Waals surface area contributed by atoms with Crippen LogP contribution in [0.1, 0.15) is 28.9 Å². The minimum absolute atomic E-state index is 0.384. The lowest BCUT2D eigenvalue weighted by molar-refractivity contribution is 0.0418. The summed E-state index contributed by atoms with van der Waals surface area (Å²) < 4.78 is 21.8. The van der Waals surface area contributed by atoms with Gasteiger partial charge in [-0.3, -0.25) is 0 Å². The van der Waals surface area contributed by atoms with Crippen molar-refractivity contribution in [3.05, 3.63) is 29.3 Å². The van der Waals surface area contributed by atoms with Gasteiger partial charge in [-0.15, -0.1) is 0 Å². The van der Waals surface area contributed by atoms with Crippen molar-refractivity contribution in [1.82, 2.24) is 0 Å². The van der Waals surface area contributed by atoms with Crippen molar-refractivity contribution in [3.63, 3.8) is 0 Å². The van der Waals surface area contributed by atoms with Gasteiger partial charge in [0.2, 0.25) is 0 Å². The van der Waals surface area contributed by atoms with Gasteiger partial charge in [0.1, 0.15) is 28.9 Å². The Labute approximate surface area is 122 Å². The quantitative estimate of drug-likeness (QED) is 0.812. The highest BCUT2D eigenvalue weighted by molar-refractivity contribution is 6.09. The van der Waals surface area contributed by atoms with Crippen LogP contribution in [0.5, 0.6) is 17.2 Å². The maximum atomic E-state index is 12.1. The fourth-order valence-electron chi connectivity index (χ4n) is 2.92.